The number of benzene rings is 5. The molecule has 0 saturated carbocycles. The number of phenolic OH excluding ortho intramolecular Hbond substituents is 1. The molecular formula is C65H87N9O17S2. The van der Waals surface area contributed by atoms with Gasteiger partial charge in [-0.3, -0.25) is 42.7 Å². The zero-order chi connectivity index (χ0) is 68.2. The van der Waals surface area contributed by atoms with Crippen LogP contribution in [0, 0.1) is 13.8 Å². The first-order valence-corrected chi connectivity index (χ1v) is 33.9. The molecule has 26 nitrogen and oxygen atoms in total. The summed E-state index contributed by atoms with van der Waals surface area (Å²) >= 11 is 0. The number of hydrogen-bond acceptors (Lipinski definition) is 17. The van der Waals surface area contributed by atoms with Gasteiger partial charge in [0.1, 0.15) is 47.8 Å². The van der Waals surface area contributed by atoms with Crippen LogP contribution in [0.4, 0.5) is 0 Å². The van der Waals surface area contributed by atoms with Gasteiger partial charge in [-0.1, -0.05) is 98.7 Å². The van der Waals surface area contributed by atoms with Gasteiger partial charge in [0.2, 0.25) is 35.4 Å². The summed E-state index contributed by atoms with van der Waals surface area (Å²) in [5, 5.41) is 46.2. The number of fused-ring (bicyclic) bond motifs is 3. The molecule has 14 N–H and O–H groups in total. The Morgan fingerprint density at radius 2 is 1.28 bits per heavy atom. The van der Waals surface area contributed by atoms with Crippen molar-refractivity contribution in [2.24, 2.45) is 11.5 Å². The lowest BCUT2D eigenvalue weighted by atomic mass is 10.0. The monoisotopic (exact) mass is 1330 g/mol. The summed E-state index contributed by atoms with van der Waals surface area (Å²) in [6, 6.07) is 20.0. The highest BCUT2D eigenvalue weighted by Gasteiger charge is 2.45. The predicted octanol–water partition coefficient (Wildman–Crippen LogP) is 3.44. The SMILES string of the molecule is CCCCCCCCOc1ccc2cc(C(=O)N[C@H]3CCCNC(=O)[C@@H]4C[C@H](N)CN4C(=O)[C@H]([C@H](C)O)NC(=O)[C@H](CCc4ccc(O)cc4)NC(=O)[C@@H]4CC[C@H](N)N4C(=O)[C@H](CO)NC3=O)ccc2c1.Cc1ccc(S(=O)(=O)O)cc1.Cc1ccc(S(=O)(=O)O)cc1. The summed E-state index contributed by atoms with van der Waals surface area (Å²) in [5.41, 5.74) is 15.5. The maximum atomic E-state index is 14.3. The van der Waals surface area contributed by atoms with E-state index in [4.69, 9.17) is 25.3 Å². The Hall–Kier alpha value is -8.09. The summed E-state index contributed by atoms with van der Waals surface area (Å²) in [5.74, 6) is -4.60. The lowest BCUT2D eigenvalue weighted by Gasteiger charge is -2.33. The standard InChI is InChI=1S/C51H71N9O11.2C7H8O3S/c1-3-4-5-6-7-8-24-71-37-19-16-32-25-34(15-14-33(32)26-37)45(64)55-38-10-9-23-54-48(67)42-27-35(52)28-59(42)51(70)44(30(2)62)58-47(66)39(20-13-31-11-17-36(63)18-12-31)56-49(68)41-21-22-43(53)60(41)50(69)40(29-61)57-46(38)65;2*1-6-2-4-7(5-3-6)11(8,9)10/h11-12,14-19,25-26,30,35,38-44,61-63H,3-10,13,20-24,27-29,52-53H2,1-2H3,(H,54,67)(H,55,64)(H,56,68)(H,57,65)(H,58,66);2*2-5H,1H3,(H,8,9,10)/t30-,35-,38-,39-,40-,41-,42-,43+,44-;;/m0../s1. The minimum absolute atomic E-state index is 0.0181. The Balaban J connectivity index is 0.000000521. The quantitative estimate of drug-likeness (QED) is 0.0468. The van der Waals surface area contributed by atoms with Gasteiger partial charge in [0.15, 0.2) is 0 Å². The molecule has 0 aromatic heterocycles. The number of amides is 7. The number of nitrogens with zero attached hydrogens (tertiary/aromatic N) is 2. The van der Waals surface area contributed by atoms with Gasteiger partial charge in [-0.15, -0.1) is 0 Å². The van der Waals surface area contributed by atoms with E-state index in [0.717, 1.165) is 39.6 Å². The number of hydrogen-bond donors (Lipinski definition) is 12. The maximum absolute atomic E-state index is 14.3. The number of aliphatic hydroxyl groups is 2. The highest BCUT2D eigenvalue weighted by atomic mass is 32.2. The molecule has 0 radical (unpaired) electrons. The van der Waals surface area contributed by atoms with Crippen molar-refractivity contribution in [2.75, 3.05) is 26.3 Å². The van der Waals surface area contributed by atoms with Crippen LogP contribution in [0.3, 0.4) is 0 Å². The van der Waals surface area contributed by atoms with E-state index in [1.54, 1.807) is 54.6 Å². The van der Waals surface area contributed by atoms with Gasteiger partial charge >= 0.3 is 0 Å². The lowest BCUT2D eigenvalue weighted by Crippen LogP contribution is -2.62. The van der Waals surface area contributed by atoms with Crippen molar-refractivity contribution < 1.29 is 79.6 Å². The smallest absolute Gasteiger partial charge is 0.294 e. The minimum Gasteiger partial charge on any atom is -0.508 e. The highest BCUT2D eigenvalue weighted by Crippen LogP contribution is 2.26. The number of nitrogens with one attached hydrogen (secondary N) is 5. The van der Waals surface area contributed by atoms with Crippen molar-refractivity contribution in [3.05, 3.63) is 131 Å². The summed E-state index contributed by atoms with van der Waals surface area (Å²) in [6.07, 6.45) is 4.87. The van der Waals surface area contributed by atoms with Crippen molar-refractivity contribution in [1.29, 1.82) is 0 Å². The van der Waals surface area contributed by atoms with E-state index >= 15 is 0 Å². The molecule has 3 saturated heterocycles. The van der Waals surface area contributed by atoms with Crippen LogP contribution in [0.1, 0.15) is 118 Å². The fourth-order valence-corrected chi connectivity index (χ4v) is 11.8. The van der Waals surface area contributed by atoms with Gasteiger partial charge in [0.25, 0.3) is 26.1 Å². The highest BCUT2D eigenvalue weighted by molar-refractivity contribution is 7.86. The molecule has 3 aliphatic heterocycles. The lowest BCUT2D eigenvalue weighted by molar-refractivity contribution is -0.145. The molecule has 9 atom stereocenters. The van der Waals surface area contributed by atoms with Crippen LogP contribution in [0.15, 0.2) is 119 Å². The van der Waals surface area contributed by atoms with Crippen LogP contribution in [-0.2, 0) is 55.4 Å². The van der Waals surface area contributed by atoms with Crippen LogP contribution in [-0.4, -0.2) is 173 Å². The number of carbonyl (C=O) groups is 7. The van der Waals surface area contributed by atoms with Crippen LogP contribution in [0.2, 0.25) is 0 Å². The van der Waals surface area contributed by atoms with E-state index in [0.29, 0.717) is 17.9 Å². The van der Waals surface area contributed by atoms with Gasteiger partial charge < -0.3 is 67.9 Å². The Morgan fingerprint density at radius 3 is 1.88 bits per heavy atom. The second kappa shape index (κ2) is 34.7. The maximum Gasteiger partial charge on any atom is 0.294 e. The Morgan fingerprint density at radius 1 is 0.688 bits per heavy atom. The minimum atomic E-state index is -4.02. The third-order valence-electron chi connectivity index (χ3n) is 16.1. The van der Waals surface area contributed by atoms with Gasteiger partial charge in [-0.2, -0.15) is 16.8 Å². The van der Waals surface area contributed by atoms with Crippen LogP contribution < -0.4 is 42.8 Å². The average Bonchev–Trinajstić information content (AvgIpc) is 1.81. The molecule has 3 fully saturated rings. The molecule has 506 valence electrons. The van der Waals surface area contributed by atoms with E-state index in [9.17, 15) is 65.7 Å². The van der Waals surface area contributed by atoms with Crippen molar-refractivity contribution in [1.82, 2.24) is 36.4 Å². The number of nitrogens with two attached hydrogens (primary N) is 2. The third kappa shape index (κ3) is 22.0. The van der Waals surface area contributed by atoms with Crippen LogP contribution in [0.25, 0.3) is 10.8 Å². The van der Waals surface area contributed by atoms with Crippen molar-refractivity contribution in [3.8, 4) is 11.5 Å². The average molecular weight is 1330 g/mol. The molecule has 0 spiro atoms. The van der Waals surface area contributed by atoms with Crippen LogP contribution >= 0.6 is 0 Å². The Bertz CT molecular complexity index is 3530. The van der Waals surface area contributed by atoms with Gasteiger partial charge in [-0.05, 0) is 149 Å². The number of aromatic hydroxyl groups is 1. The number of aryl methyl sites for hydroxylation is 3. The van der Waals surface area contributed by atoms with E-state index in [1.165, 1.54) is 73.9 Å². The molecule has 8 rings (SSSR count). The Kier molecular flexibility index (Phi) is 27.6. The normalized spacial score (nSPS) is 22.2. The number of phenols is 1. The van der Waals surface area contributed by atoms with E-state index < -0.39 is 123 Å². The van der Waals surface area contributed by atoms with E-state index in [1.807, 2.05) is 32.0 Å². The molecule has 5 aromatic carbocycles. The summed E-state index contributed by atoms with van der Waals surface area (Å²) in [7, 11) is -8.04. The third-order valence-corrected chi connectivity index (χ3v) is 17.8. The number of carbonyl (C=O) groups excluding carboxylic acids is 7. The first kappa shape index (κ1) is 74.0. The molecular weight excluding hydrogens is 1240 g/mol. The number of aliphatic hydroxyl groups excluding tert-OH is 2. The fraction of sp³-hybridized carbons (Fsp3) is 0.462. The zero-order valence-electron chi connectivity index (χ0n) is 52.6. The largest absolute Gasteiger partial charge is 0.508 e. The van der Waals surface area contributed by atoms with Crippen LogP contribution in [0.5, 0.6) is 11.5 Å². The number of unbranched alkanes of at least 4 members (excludes halogenated alkanes) is 5. The van der Waals surface area contributed by atoms with Gasteiger partial charge in [0, 0.05) is 24.7 Å². The molecule has 0 bridgehead atoms. The van der Waals surface area contributed by atoms with Crippen molar-refractivity contribution in [2.45, 2.75) is 176 Å². The molecule has 3 heterocycles. The van der Waals surface area contributed by atoms with Crippen molar-refractivity contribution in [3.63, 3.8) is 0 Å². The molecule has 3 aliphatic rings. The number of ether oxygens (including phenoxy) is 1. The van der Waals surface area contributed by atoms with Gasteiger partial charge in [0.05, 0.1) is 35.3 Å². The second-order valence-electron chi connectivity index (χ2n) is 23.5. The first-order chi connectivity index (χ1) is 44.1. The summed E-state index contributed by atoms with van der Waals surface area (Å²) in [6.45, 7) is 6.77. The predicted molar refractivity (Wildman–Crippen MR) is 345 cm³/mol. The first-order valence-electron chi connectivity index (χ1n) is 31.0. The molecule has 0 unspecified atom stereocenters. The molecule has 0 aliphatic carbocycles. The topological polar surface area (TPSA) is 417 Å². The molecule has 7 amide bonds. The van der Waals surface area contributed by atoms with E-state index in [-0.39, 0.29) is 79.1 Å². The summed E-state index contributed by atoms with van der Waals surface area (Å²) < 4.78 is 65.1. The van der Waals surface area contributed by atoms with E-state index in [2.05, 4.69) is 33.5 Å². The fourth-order valence-electron chi connectivity index (χ4n) is 10.8. The van der Waals surface area contributed by atoms with Gasteiger partial charge in [-0.25, -0.2) is 0 Å². The molecule has 5 aromatic rings. The zero-order valence-corrected chi connectivity index (χ0v) is 54.2. The number of rotatable bonds is 17. The Labute approximate surface area is 542 Å². The molecule has 28 heteroatoms. The second-order valence-corrected chi connectivity index (χ2v) is 26.4. The van der Waals surface area contributed by atoms with Crippen molar-refractivity contribution >= 4 is 72.4 Å². The summed E-state index contributed by atoms with van der Waals surface area (Å²) in [4.78, 5) is 101. The molecule has 93 heavy (non-hydrogen) atoms.